The molecule has 1 amide bonds. The molecule has 1 aromatic rings. The molecule has 20 heavy (non-hydrogen) atoms. The summed E-state index contributed by atoms with van der Waals surface area (Å²) in [4.78, 5) is 12.2. The number of rotatable bonds is 4. The van der Waals surface area contributed by atoms with E-state index in [4.69, 9.17) is 5.11 Å². The summed E-state index contributed by atoms with van der Waals surface area (Å²) < 4.78 is 28.2. The minimum Gasteiger partial charge on any atom is -0.465 e. The standard InChI is InChI=1S/C11H17N3O5S/c1-20(17,18)19-8-9-2-7-14(12-9)10-3-5-13(6-4-10)11(15)16/h2,7,10H,3-6,8H2,1H3,(H,15,16). The smallest absolute Gasteiger partial charge is 0.407 e. The molecule has 112 valence electrons. The molecule has 1 fully saturated rings. The summed E-state index contributed by atoms with van der Waals surface area (Å²) in [6, 6.07) is 1.84. The maximum atomic E-state index is 10.9. The highest BCUT2D eigenvalue weighted by Gasteiger charge is 2.23. The van der Waals surface area contributed by atoms with Gasteiger partial charge in [0.15, 0.2) is 0 Å². The summed E-state index contributed by atoms with van der Waals surface area (Å²) >= 11 is 0. The van der Waals surface area contributed by atoms with Crippen molar-refractivity contribution in [2.24, 2.45) is 0 Å². The number of amides is 1. The molecule has 1 aliphatic heterocycles. The summed E-state index contributed by atoms with van der Waals surface area (Å²) in [6.45, 7) is 0.879. The summed E-state index contributed by atoms with van der Waals surface area (Å²) in [6.07, 6.45) is 3.25. The first-order chi connectivity index (χ1) is 9.35. The Kier molecular flexibility index (Phi) is 4.29. The third kappa shape index (κ3) is 3.94. The molecule has 1 saturated heterocycles. The highest BCUT2D eigenvalue weighted by atomic mass is 32.2. The molecule has 9 heteroatoms. The fourth-order valence-corrected chi connectivity index (χ4v) is 2.48. The number of aromatic nitrogens is 2. The van der Waals surface area contributed by atoms with Gasteiger partial charge in [-0.25, -0.2) is 4.79 Å². The van der Waals surface area contributed by atoms with Gasteiger partial charge >= 0.3 is 6.09 Å². The van der Waals surface area contributed by atoms with Crippen LogP contribution in [0.4, 0.5) is 4.79 Å². The van der Waals surface area contributed by atoms with Gasteiger partial charge in [0, 0.05) is 19.3 Å². The van der Waals surface area contributed by atoms with E-state index in [1.807, 2.05) is 0 Å². The van der Waals surface area contributed by atoms with Gasteiger partial charge in [-0.15, -0.1) is 0 Å². The normalized spacial score (nSPS) is 17.4. The van der Waals surface area contributed by atoms with Gasteiger partial charge in [-0.1, -0.05) is 0 Å². The molecule has 0 unspecified atom stereocenters. The van der Waals surface area contributed by atoms with Crippen molar-refractivity contribution in [1.82, 2.24) is 14.7 Å². The topological polar surface area (TPSA) is 102 Å². The quantitative estimate of drug-likeness (QED) is 0.820. The van der Waals surface area contributed by atoms with Crippen molar-refractivity contribution >= 4 is 16.2 Å². The Labute approximate surface area is 117 Å². The minimum absolute atomic E-state index is 0.0835. The zero-order chi connectivity index (χ0) is 14.8. The van der Waals surface area contributed by atoms with Crippen LogP contribution in [0.25, 0.3) is 0 Å². The molecule has 2 rings (SSSR count). The Balaban J connectivity index is 1.91. The van der Waals surface area contributed by atoms with Crippen molar-refractivity contribution in [1.29, 1.82) is 0 Å². The maximum Gasteiger partial charge on any atom is 0.407 e. The third-order valence-corrected chi connectivity index (χ3v) is 3.74. The SMILES string of the molecule is CS(=O)(=O)OCc1ccn(C2CCN(C(=O)O)CC2)n1. The first-order valence-electron chi connectivity index (χ1n) is 6.21. The Morgan fingerprint density at radius 1 is 1.50 bits per heavy atom. The van der Waals surface area contributed by atoms with E-state index in [0.29, 0.717) is 31.6 Å². The number of hydrogen-bond donors (Lipinski definition) is 1. The Morgan fingerprint density at radius 3 is 2.70 bits per heavy atom. The molecular formula is C11H17N3O5S. The van der Waals surface area contributed by atoms with E-state index in [9.17, 15) is 13.2 Å². The van der Waals surface area contributed by atoms with Crippen LogP contribution in [0.15, 0.2) is 12.3 Å². The largest absolute Gasteiger partial charge is 0.465 e. The van der Waals surface area contributed by atoms with E-state index in [1.165, 1.54) is 4.90 Å². The molecule has 0 aliphatic carbocycles. The lowest BCUT2D eigenvalue weighted by Crippen LogP contribution is -2.38. The molecule has 0 bridgehead atoms. The van der Waals surface area contributed by atoms with E-state index in [-0.39, 0.29) is 12.6 Å². The van der Waals surface area contributed by atoms with E-state index >= 15 is 0 Å². The number of hydrogen-bond acceptors (Lipinski definition) is 5. The third-order valence-electron chi connectivity index (χ3n) is 3.19. The number of nitrogens with zero attached hydrogens (tertiary/aromatic N) is 3. The first-order valence-corrected chi connectivity index (χ1v) is 8.03. The molecular weight excluding hydrogens is 286 g/mol. The summed E-state index contributed by atoms with van der Waals surface area (Å²) in [5.41, 5.74) is 0.538. The predicted octanol–water partition coefficient (Wildman–Crippen LogP) is 0.674. The van der Waals surface area contributed by atoms with Crippen molar-refractivity contribution in [3.63, 3.8) is 0 Å². The monoisotopic (exact) mass is 303 g/mol. The van der Waals surface area contributed by atoms with Gasteiger partial charge in [-0.05, 0) is 18.9 Å². The van der Waals surface area contributed by atoms with E-state index in [2.05, 4.69) is 9.28 Å². The molecule has 0 aromatic carbocycles. The average molecular weight is 303 g/mol. The second kappa shape index (κ2) is 5.80. The average Bonchev–Trinajstić information content (AvgIpc) is 2.84. The van der Waals surface area contributed by atoms with Crippen LogP contribution in [0.2, 0.25) is 0 Å². The van der Waals surface area contributed by atoms with E-state index in [1.54, 1.807) is 16.9 Å². The van der Waals surface area contributed by atoms with E-state index in [0.717, 1.165) is 6.26 Å². The van der Waals surface area contributed by atoms with Crippen molar-refractivity contribution in [3.05, 3.63) is 18.0 Å². The van der Waals surface area contributed by atoms with Crippen molar-refractivity contribution in [2.75, 3.05) is 19.3 Å². The zero-order valence-corrected chi connectivity index (χ0v) is 11.9. The maximum absolute atomic E-state index is 10.9. The fraction of sp³-hybridized carbons (Fsp3) is 0.636. The van der Waals surface area contributed by atoms with Crippen LogP contribution in [0.5, 0.6) is 0 Å². The van der Waals surface area contributed by atoms with Crippen LogP contribution in [-0.4, -0.2) is 53.6 Å². The molecule has 1 aromatic heterocycles. The Bertz CT molecular complexity index is 575. The van der Waals surface area contributed by atoms with Crippen LogP contribution in [0.1, 0.15) is 24.6 Å². The van der Waals surface area contributed by atoms with E-state index < -0.39 is 16.2 Å². The summed E-state index contributed by atoms with van der Waals surface area (Å²) in [5, 5.41) is 13.1. The van der Waals surface area contributed by atoms with Crippen LogP contribution < -0.4 is 0 Å². The summed E-state index contributed by atoms with van der Waals surface area (Å²) in [7, 11) is -3.48. The molecule has 1 N–H and O–H groups in total. The lowest BCUT2D eigenvalue weighted by atomic mass is 10.1. The van der Waals surface area contributed by atoms with Crippen molar-refractivity contribution in [3.8, 4) is 0 Å². The minimum atomic E-state index is -3.48. The van der Waals surface area contributed by atoms with Gasteiger partial charge in [-0.3, -0.25) is 8.86 Å². The van der Waals surface area contributed by atoms with Gasteiger partial charge < -0.3 is 10.0 Å². The zero-order valence-electron chi connectivity index (χ0n) is 11.1. The molecule has 0 spiro atoms. The highest BCUT2D eigenvalue weighted by Crippen LogP contribution is 2.22. The van der Waals surface area contributed by atoms with Gasteiger partial charge in [0.1, 0.15) is 6.61 Å². The van der Waals surface area contributed by atoms with Gasteiger partial charge in [0.05, 0.1) is 18.0 Å². The van der Waals surface area contributed by atoms with Gasteiger partial charge in [-0.2, -0.15) is 13.5 Å². The number of piperidine rings is 1. The molecule has 8 nitrogen and oxygen atoms in total. The lowest BCUT2D eigenvalue weighted by molar-refractivity contribution is 0.123. The van der Waals surface area contributed by atoms with Gasteiger partial charge in [0.2, 0.25) is 0 Å². The molecule has 2 heterocycles. The first kappa shape index (κ1) is 14.8. The summed E-state index contributed by atoms with van der Waals surface area (Å²) in [5.74, 6) is 0. The van der Waals surface area contributed by atoms with Crippen LogP contribution in [-0.2, 0) is 20.9 Å². The van der Waals surface area contributed by atoms with Crippen molar-refractivity contribution in [2.45, 2.75) is 25.5 Å². The highest BCUT2D eigenvalue weighted by molar-refractivity contribution is 7.85. The van der Waals surface area contributed by atoms with Crippen molar-refractivity contribution < 1.29 is 22.5 Å². The molecule has 0 radical (unpaired) electrons. The van der Waals surface area contributed by atoms with Crippen LogP contribution >= 0.6 is 0 Å². The van der Waals surface area contributed by atoms with Gasteiger partial charge in [0.25, 0.3) is 10.1 Å². The molecule has 1 aliphatic rings. The Morgan fingerprint density at radius 2 is 2.15 bits per heavy atom. The number of carboxylic acid groups (broad SMARTS) is 1. The molecule has 0 saturated carbocycles. The molecule has 0 atom stereocenters. The fourth-order valence-electron chi connectivity index (χ4n) is 2.15. The predicted molar refractivity (Wildman–Crippen MR) is 69.7 cm³/mol. The second-order valence-corrected chi connectivity index (χ2v) is 6.40. The number of likely N-dealkylation sites (tertiary alicyclic amines) is 1. The Hall–Kier alpha value is -1.61. The number of carbonyl (C=O) groups is 1. The van der Waals surface area contributed by atoms with Crippen LogP contribution in [0.3, 0.4) is 0 Å². The second-order valence-electron chi connectivity index (χ2n) is 4.75. The lowest BCUT2D eigenvalue weighted by Gasteiger charge is -2.30. The van der Waals surface area contributed by atoms with Crippen LogP contribution in [0, 0.1) is 0 Å².